The van der Waals surface area contributed by atoms with Crippen LogP contribution in [-0.2, 0) is 29.0 Å². The molecule has 4 rings (SSSR count). The van der Waals surface area contributed by atoms with Crippen LogP contribution in [0.1, 0.15) is 29.9 Å². The van der Waals surface area contributed by atoms with E-state index in [1.807, 2.05) is 30.1 Å². The normalized spacial score (nSPS) is 22.4. The lowest BCUT2D eigenvalue weighted by Crippen LogP contribution is -2.40. The van der Waals surface area contributed by atoms with Crippen LogP contribution in [-0.4, -0.2) is 67.3 Å². The van der Waals surface area contributed by atoms with E-state index in [-0.39, 0.29) is 5.91 Å². The molecule has 1 aromatic carbocycles. The molecular weight excluding hydrogens is 392 g/mol. The highest BCUT2D eigenvalue weighted by atomic mass is 16.5. The number of hydrogen-bond donors (Lipinski definition) is 1. The minimum absolute atomic E-state index is 0.217. The van der Waals surface area contributed by atoms with Crippen LogP contribution in [0.25, 0.3) is 0 Å². The van der Waals surface area contributed by atoms with Crippen LogP contribution in [0.4, 0.5) is 0 Å². The maximum absolute atomic E-state index is 12.9. The van der Waals surface area contributed by atoms with Gasteiger partial charge in [0.25, 0.3) is 0 Å². The first-order valence-corrected chi connectivity index (χ1v) is 11.4. The summed E-state index contributed by atoms with van der Waals surface area (Å²) in [7, 11) is 1.90. The van der Waals surface area contributed by atoms with Crippen LogP contribution in [0.15, 0.2) is 40.9 Å². The van der Waals surface area contributed by atoms with Gasteiger partial charge in [-0.1, -0.05) is 35.5 Å². The van der Waals surface area contributed by atoms with Crippen LogP contribution < -0.4 is 5.32 Å². The Bertz CT molecular complexity index is 819. The van der Waals surface area contributed by atoms with Crippen LogP contribution in [0.5, 0.6) is 0 Å². The van der Waals surface area contributed by atoms with E-state index in [1.165, 1.54) is 0 Å². The summed E-state index contributed by atoms with van der Waals surface area (Å²) in [5.41, 5.74) is 2.16. The van der Waals surface area contributed by atoms with E-state index in [2.05, 4.69) is 33.6 Å². The second-order valence-electron chi connectivity index (χ2n) is 8.83. The monoisotopic (exact) mass is 426 g/mol. The van der Waals surface area contributed by atoms with Gasteiger partial charge in [0.15, 0.2) is 5.76 Å². The summed E-state index contributed by atoms with van der Waals surface area (Å²) in [5.74, 6) is 1.89. The molecule has 7 heteroatoms. The molecule has 2 saturated heterocycles. The van der Waals surface area contributed by atoms with Gasteiger partial charge in [-0.25, -0.2) is 0 Å². The lowest BCUT2D eigenvalue weighted by Gasteiger charge is -2.32. The van der Waals surface area contributed by atoms with E-state index in [9.17, 15) is 4.79 Å². The SMILES string of the molecule is CN(Cc1ccccc1)C(=O)C[C@@H]1CCNC[C@@H]1Cc1cc(CN2CCOCC2)on1. The summed E-state index contributed by atoms with van der Waals surface area (Å²) in [6, 6.07) is 12.3. The Labute approximate surface area is 184 Å². The number of carbonyl (C=O) groups excluding carboxylic acids is 1. The van der Waals surface area contributed by atoms with Crippen LogP contribution >= 0.6 is 0 Å². The van der Waals surface area contributed by atoms with Gasteiger partial charge in [-0.3, -0.25) is 9.69 Å². The third-order valence-corrected chi connectivity index (χ3v) is 6.45. The number of piperidine rings is 1. The highest BCUT2D eigenvalue weighted by Crippen LogP contribution is 2.27. The number of amides is 1. The summed E-state index contributed by atoms with van der Waals surface area (Å²) in [6.07, 6.45) is 2.46. The van der Waals surface area contributed by atoms with E-state index in [0.717, 1.165) is 75.8 Å². The highest BCUT2D eigenvalue weighted by molar-refractivity contribution is 5.76. The van der Waals surface area contributed by atoms with Crippen molar-refractivity contribution in [2.24, 2.45) is 11.8 Å². The zero-order valence-corrected chi connectivity index (χ0v) is 18.5. The number of ether oxygens (including phenoxy) is 1. The minimum Gasteiger partial charge on any atom is -0.379 e. The standard InChI is InChI=1S/C24H34N4O3/c1-27(17-19-5-3-2-4-6-19)24(29)14-20-7-8-25-16-21(20)13-22-15-23(31-26-22)18-28-9-11-30-12-10-28/h2-6,15,20-21,25H,7-14,16-18H2,1H3/t20-,21-/m0/s1. The number of aromatic nitrogens is 1. The third-order valence-electron chi connectivity index (χ3n) is 6.45. The minimum atomic E-state index is 0.217. The van der Waals surface area contributed by atoms with E-state index in [1.54, 1.807) is 0 Å². The smallest absolute Gasteiger partial charge is 0.222 e. The number of morpholine rings is 1. The van der Waals surface area contributed by atoms with Gasteiger partial charge in [-0.2, -0.15) is 0 Å². The van der Waals surface area contributed by atoms with Crippen molar-refractivity contribution < 1.29 is 14.1 Å². The molecule has 2 atom stereocenters. The maximum atomic E-state index is 12.9. The number of nitrogens with one attached hydrogen (secondary N) is 1. The Morgan fingerprint density at radius 3 is 2.84 bits per heavy atom. The van der Waals surface area contributed by atoms with Gasteiger partial charge in [0.2, 0.25) is 5.91 Å². The lowest BCUT2D eigenvalue weighted by atomic mass is 9.81. The van der Waals surface area contributed by atoms with Gasteiger partial charge in [0.05, 0.1) is 25.5 Å². The zero-order chi connectivity index (χ0) is 21.5. The molecule has 2 aliphatic rings. The Morgan fingerprint density at radius 2 is 2.03 bits per heavy atom. The van der Waals surface area contributed by atoms with Gasteiger partial charge in [-0.05, 0) is 43.3 Å². The topological polar surface area (TPSA) is 70.8 Å². The fourth-order valence-electron chi connectivity index (χ4n) is 4.59. The summed E-state index contributed by atoms with van der Waals surface area (Å²) in [5, 5.41) is 7.82. The van der Waals surface area contributed by atoms with Crippen molar-refractivity contribution in [2.75, 3.05) is 46.4 Å². The molecule has 7 nitrogen and oxygen atoms in total. The molecule has 1 amide bonds. The molecule has 2 aromatic rings. The molecule has 1 N–H and O–H groups in total. The van der Waals surface area contributed by atoms with Crippen molar-refractivity contribution in [1.82, 2.24) is 20.3 Å². The summed E-state index contributed by atoms with van der Waals surface area (Å²) >= 11 is 0. The largest absolute Gasteiger partial charge is 0.379 e. The maximum Gasteiger partial charge on any atom is 0.222 e. The van der Waals surface area contributed by atoms with Crippen molar-refractivity contribution in [3.63, 3.8) is 0 Å². The van der Waals surface area contributed by atoms with Gasteiger partial charge in [0, 0.05) is 39.2 Å². The molecule has 1 aromatic heterocycles. The van der Waals surface area contributed by atoms with Crippen LogP contribution in [0.3, 0.4) is 0 Å². The molecule has 2 aliphatic heterocycles. The number of benzene rings is 1. The van der Waals surface area contributed by atoms with Crippen LogP contribution in [0, 0.1) is 11.8 Å². The molecule has 3 heterocycles. The lowest BCUT2D eigenvalue weighted by molar-refractivity contribution is -0.132. The van der Waals surface area contributed by atoms with Crippen molar-refractivity contribution in [2.45, 2.75) is 32.4 Å². The molecule has 0 spiro atoms. The van der Waals surface area contributed by atoms with Crippen molar-refractivity contribution in [3.8, 4) is 0 Å². The Morgan fingerprint density at radius 1 is 1.23 bits per heavy atom. The fraction of sp³-hybridized carbons (Fsp3) is 0.583. The summed E-state index contributed by atoms with van der Waals surface area (Å²) < 4.78 is 11.0. The predicted molar refractivity (Wildman–Crippen MR) is 118 cm³/mol. The number of rotatable bonds is 8. The zero-order valence-electron chi connectivity index (χ0n) is 18.5. The molecule has 0 radical (unpaired) electrons. The van der Waals surface area contributed by atoms with Crippen LogP contribution in [0.2, 0.25) is 0 Å². The number of carbonyl (C=O) groups is 1. The van der Waals surface area contributed by atoms with Gasteiger partial charge in [-0.15, -0.1) is 0 Å². The van der Waals surface area contributed by atoms with E-state index in [4.69, 9.17) is 9.26 Å². The quantitative estimate of drug-likeness (QED) is 0.699. The van der Waals surface area contributed by atoms with Crippen molar-refractivity contribution in [1.29, 1.82) is 0 Å². The molecule has 0 saturated carbocycles. The van der Waals surface area contributed by atoms with E-state index < -0.39 is 0 Å². The Hall–Kier alpha value is -2.22. The predicted octanol–water partition coefficient (Wildman–Crippen LogP) is 2.32. The first-order chi connectivity index (χ1) is 15.2. The van der Waals surface area contributed by atoms with Gasteiger partial charge < -0.3 is 19.5 Å². The summed E-state index contributed by atoms with van der Waals surface area (Å²) in [6.45, 7) is 6.76. The molecule has 0 aliphatic carbocycles. The average Bonchev–Trinajstić information content (AvgIpc) is 3.23. The molecule has 31 heavy (non-hydrogen) atoms. The van der Waals surface area contributed by atoms with Gasteiger partial charge in [0.1, 0.15) is 0 Å². The second kappa shape index (κ2) is 10.9. The second-order valence-corrected chi connectivity index (χ2v) is 8.83. The molecule has 168 valence electrons. The molecule has 2 fully saturated rings. The highest BCUT2D eigenvalue weighted by Gasteiger charge is 2.29. The molecule has 0 unspecified atom stereocenters. The fourth-order valence-corrected chi connectivity index (χ4v) is 4.59. The Kier molecular flexibility index (Phi) is 7.72. The molecular formula is C24H34N4O3. The third kappa shape index (κ3) is 6.38. The van der Waals surface area contributed by atoms with E-state index in [0.29, 0.717) is 24.8 Å². The average molecular weight is 427 g/mol. The van der Waals surface area contributed by atoms with Gasteiger partial charge >= 0.3 is 0 Å². The first-order valence-electron chi connectivity index (χ1n) is 11.4. The first kappa shape index (κ1) is 22.0. The van der Waals surface area contributed by atoms with Crippen molar-refractivity contribution >= 4 is 5.91 Å². The van der Waals surface area contributed by atoms with Crippen molar-refractivity contribution in [3.05, 3.63) is 53.4 Å². The molecule has 0 bridgehead atoms. The Balaban J connectivity index is 1.30. The number of hydrogen-bond acceptors (Lipinski definition) is 6. The summed E-state index contributed by atoms with van der Waals surface area (Å²) in [4.78, 5) is 17.1. The number of nitrogens with zero attached hydrogens (tertiary/aromatic N) is 3. The van der Waals surface area contributed by atoms with E-state index >= 15 is 0 Å².